The second-order valence-corrected chi connectivity index (χ2v) is 5.70. The molecule has 3 rings (SSSR count). The maximum absolute atomic E-state index is 5.49. The highest BCUT2D eigenvalue weighted by atomic mass is 32.1. The molecule has 0 saturated carbocycles. The van der Waals surface area contributed by atoms with Gasteiger partial charge in [-0.3, -0.25) is 4.68 Å². The SMILES string of the molecule is Cc1nc(Cc2nc(NN)cc(-c3cnn(C)c3)n2)cs1. The van der Waals surface area contributed by atoms with Gasteiger partial charge in [0.1, 0.15) is 11.6 Å². The minimum absolute atomic E-state index is 0.575. The van der Waals surface area contributed by atoms with Crippen molar-refractivity contribution in [2.45, 2.75) is 13.3 Å². The minimum Gasteiger partial charge on any atom is -0.308 e. The summed E-state index contributed by atoms with van der Waals surface area (Å²) in [6, 6.07) is 1.80. The summed E-state index contributed by atoms with van der Waals surface area (Å²) < 4.78 is 1.73. The van der Waals surface area contributed by atoms with Gasteiger partial charge in [-0.2, -0.15) is 5.10 Å². The van der Waals surface area contributed by atoms with Crippen molar-refractivity contribution in [2.75, 3.05) is 5.43 Å². The zero-order valence-electron chi connectivity index (χ0n) is 11.7. The Morgan fingerprint density at radius 3 is 2.81 bits per heavy atom. The van der Waals surface area contributed by atoms with Crippen molar-refractivity contribution in [1.82, 2.24) is 24.7 Å². The van der Waals surface area contributed by atoms with Crippen LogP contribution in [0.4, 0.5) is 5.82 Å². The number of nitrogen functional groups attached to an aromatic ring is 1. The van der Waals surface area contributed by atoms with Crippen molar-refractivity contribution in [1.29, 1.82) is 0 Å². The van der Waals surface area contributed by atoms with Crippen molar-refractivity contribution < 1.29 is 0 Å². The third-order valence-electron chi connectivity index (χ3n) is 2.93. The molecule has 0 unspecified atom stereocenters. The summed E-state index contributed by atoms with van der Waals surface area (Å²) >= 11 is 1.62. The Kier molecular flexibility index (Phi) is 3.63. The number of nitrogens with one attached hydrogen (secondary N) is 1. The summed E-state index contributed by atoms with van der Waals surface area (Å²) in [6.45, 7) is 1.98. The van der Waals surface area contributed by atoms with Crippen LogP contribution in [0.15, 0.2) is 23.8 Å². The van der Waals surface area contributed by atoms with Crippen molar-refractivity contribution in [3.05, 3.63) is 40.4 Å². The highest BCUT2D eigenvalue weighted by molar-refractivity contribution is 7.09. The first-order valence-electron chi connectivity index (χ1n) is 6.38. The first-order valence-corrected chi connectivity index (χ1v) is 7.26. The second kappa shape index (κ2) is 5.58. The Labute approximate surface area is 125 Å². The molecular weight excluding hydrogens is 286 g/mol. The van der Waals surface area contributed by atoms with Gasteiger partial charge in [-0.25, -0.2) is 20.8 Å². The largest absolute Gasteiger partial charge is 0.308 e. The predicted octanol–water partition coefficient (Wildman–Crippen LogP) is 1.52. The molecule has 0 bridgehead atoms. The molecule has 7 nitrogen and oxygen atoms in total. The zero-order chi connectivity index (χ0) is 14.8. The number of hydrogen-bond acceptors (Lipinski definition) is 7. The quantitative estimate of drug-likeness (QED) is 0.560. The lowest BCUT2D eigenvalue weighted by atomic mass is 10.2. The van der Waals surface area contributed by atoms with Gasteiger partial charge in [-0.15, -0.1) is 11.3 Å². The number of aryl methyl sites for hydroxylation is 2. The number of nitrogens with two attached hydrogens (primary N) is 1. The van der Waals surface area contributed by atoms with Crippen molar-refractivity contribution >= 4 is 17.2 Å². The maximum atomic E-state index is 5.49. The standard InChI is InChI=1S/C13H15N7S/c1-8-16-10(7-21-8)3-12-17-11(4-13(18-12)19-14)9-5-15-20(2)6-9/h4-7H,3,14H2,1-2H3,(H,17,18,19). The van der Waals surface area contributed by atoms with Crippen LogP contribution in [0.3, 0.4) is 0 Å². The summed E-state index contributed by atoms with van der Waals surface area (Å²) in [7, 11) is 1.87. The number of hydrazine groups is 1. The van der Waals surface area contributed by atoms with E-state index >= 15 is 0 Å². The number of nitrogens with zero attached hydrogens (tertiary/aromatic N) is 5. The molecule has 0 aromatic carbocycles. The molecular formula is C13H15N7S. The van der Waals surface area contributed by atoms with E-state index in [4.69, 9.17) is 5.84 Å². The van der Waals surface area contributed by atoms with E-state index in [1.807, 2.05) is 25.5 Å². The monoisotopic (exact) mass is 301 g/mol. The van der Waals surface area contributed by atoms with E-state index in [2.05, 4.69) is 25.5 Å². The van der Waals surface area contributed by atoms with Crippen LogP contribution in [-0.4, -0.2) is 24.7 Å². The molecule has 0 saturated heterocycles. The van der Waals surface area contributed by atoms with Crippen LogP contribution < -0.4 is 11.3 Å². The van der Waals surface area contributed by atoms with Gasteiger partial charge in [0.05, 0.1) is 29.0 Å². The van der Waals surface area contributed by atoms with Crippen molar-refractivity contribution in [3.63, 3.8) is 0 Å². The zero-order valence-corrected chi connectivity index (χ0v) is 12.6. The van der Waals surface area contributed by atoms with E-state index in [9.17, 15) is 0 Å². The summed E-state index contributed by atoms with van der Waals surface area (Å²) in [5.74, 6) is 6.74. The summed E-state index contributed by atoms with van der Waals surface area (Å²) in [5.41, 5.74) is 5.25. The van der Waals surface area contributed by atoms with Crippen LogP contribution >= 0.6 is 11.3 Å². The minimum atomic E-state index is 0.575. The fourth-order valence-electron chi connectivity index (χ4n) is 2.00. The normalized spacial score (nSPS) is 10.8. The lowest BCUT2D eigenvalue weighted by Gasteiger charge is -2.05. The Hall–Kier alpha value is -2.32. The van der Waals surface area contributed by atoms with Gasteiger partial charge in [0.15, 0.2) is 0 Å². The molecule has 0 atom stereocenters. The summed E-state index contributed by atoms with van der Waals surface area (Å²) in [6.07, 6.45) is 4.24. The molecule has 0 aliphatic rings. The number of hydrogen-bond donors (Lipinski definition) is 2. The third kappa shape index (κ3) is 3.06. The average molecular weight is 301 g/mol. The highest BCUT2D eigenvalue weighted by Crippen LogP contribution is 2.20. The Bertz CT molecular complexity index is 761. The van der Waals surface area contributed by atoms with E-state index in [0.717, 1.165) is 22.0 Å². The van der Waals surface area contributed by atoms with Crippen LogP contribution in [0, 0.1) is 6.92 Å². The first kappa shape index (κ1) is 13.7. The molecule has 8 heteroatoms. The molecule has 21 heavy (non-hydrogen) atoms. The van der Waals surface area contributed by atoms with E-state index in [1.54, 1.807) is 28.3 Å². The molecule has 0 aliphatic heterocycles. The second-order valence-electron chi connectivity index (χ2n) is 4.64. The number of rotatable bonds is 4. The van der Waals surface area contributed by atoms with Crippen LogP contribution in [0.1, 0.15) is 16.5 Å². The average Bonchev–Trinajstić information content (AvgIpc) is 3.07. The lowest BCUT2D eigenvalue weighted by Crippen LogP contribution is -2.11. The van der Waals surface area contributed by atoms with Gasteiger partial charge in [0, 0.05) is 30.3 Å². The van der Waals surface area contributed by atoms with Gasteiger partial charge in [0.2, 0.25) is 0 Å². The molecule has 108 valence electrons. The van der Waals surface area contributed by atoms with Crippen LogP contribution in [-0.2, 0) is 13.5 Å². The fourth-order valence-corrected chi connectivity index (χ4v) is 2.62. The van der Waals surface area contributed by atoms with Gasteiger partial charge in [-0.1, -0.05) is 0 Å². The molecule has 0 amide bonds. The third-order valence-corrected chi connectivity index (χ3v) is 3.75. The lowest BCUT2D eigenvalue weighted by molar-refractivity contribution is 0.768. The van der Waals surface area contributed by atoms with E-state index in [-0.39, 0.29) is 0 Å². The molecule has 3 heterocycles. The Morgan fingerprint density at radius 1 is 1.33 bits per heavy atom. The number of thiazole rings is 1. The summed E-state index contributed by atoms with van der Waals surface area (Å²) in [5, 5.41) is 7.21. The molecule has 3 aromatic heterocycles. The van der Waals surface area contributed by atoms with E-state index < -0.39 is 0 Å². The van der Waals surface area contributed by atoms with Crippen molar-refractivity contribution in [2.24, 2.45) is 12.9 Å². The van der Waals surface area contributed by atoms with Gasteiger partial charge < -0.3 is 5.43 Å². The number of anilines is 1. The van der Waals surface area contributed by atoms with Crippen LogP contribution in [0.5, 0.6) is 0 Å². The molecule has 0 spiro atoms. The highest BCUT2D eigenvalue weighted by Gasteiger charge is 2.10. The van der Waals surface area contributed by atoms with Gasteiger partial charge in [-0.05, 0) is 6.92 Å². The summed E-state index contributed by atoms with van der Waals surface area (Å²) in [4.78, 5) is 13.4. The Morgan fingerprint density at radius 2 is 2.19 bits per heavy atom. The predicted molar refractivity (Wildman–Crippen MR) is 81.7 cm³/mol. The van der Waals surface area contributed by atoms with E-state index in [1.165, 1.54) is 0 Å². The topological polar surface area (TPSA) is 94.5 Å². The Balaban J connectivity index is 1.96. The molecule has 0 aliphatic carbocycles. The smallest absolute Gasteiger partial charge is 0.144 e. The fraction of sp³-hybridized carbons (Fsp3) is 0.231. The number of aromatic nitrogens is 5. The maximum Gasteiger partial charge on any atom is 0.144 e. The molecule has 0 radical (unpaired) electrons. The van der Waals surface area contributed by atoms with Crippen molar-refractivity contribution in [3.8, 4) is 11.3 Å². The van der Waals surface area contributed by atoms with Gasteiger partial charge >= 0.3 is 0 Å². The van der Waals surface area contributed by atoms with E-state index in [0.29, 0.717) is 18.1 Å². The molecule has 3 aromatic rings. The van der Waals surface area contributed by atoms with Crippen LogP contribution in [0.25, 0.3) is 11.3 Å². The first-order chi connectivity index (χ1) is 10.1. The van der Waals surface area contributed by atoms with Crippen LogP contribution in [0.2, 0.25) is 0 Å². The molecule has 3 N–H and O–H groups in total. The van der Waals surface area contributed by atoms with Gasteiger partial charge in [0.25, 0.3) is 0 Å². The molecule has 0 fully saturated rings.